The summed E-state index contributed by atoms with van der Waals surface area (Å²) < 4.78 is 0. The molecule has 0 aliphatic carbocycles. The Bertz CT molecular complexity index is 480. The largest absolute Gasteiger partial charge is 0.325 e. The Morgan fingerprint density at radius 2 is 2.32 bits per heavy atom. The van der Waals surface area contributed by atoms with Crippen LogP contribution in [0.15, 0.2) is 16.8 Å². The first-order chi connectivity index (χ1) is 9.21. The molecule has 1 spiro atoms. The molecule has 1 unspecified atom stereocenters. The number of carbonyl (C=O) groups excluding carboxylic acids is 2. The van der Waals surface area contributed by atoms with Crippen molar-refractivity contribution in [2.75, 3.05) is 19.6 Å². The average Bonchev–Trinajstić information content (AvgIpc) is 2.99. The predicted molar refractivity (Wildman–Crippen MR) is 73.1 cm³/mol. The summed E-state index contributed by atoms with van der Waals surface area (Å²) in [5.74, 6) is -0.0695. The highest BCUT2D eigenvalue weighted by Gasteiger charge is 2.51. The third-order valence-corrected chi connectivity index (χ3v) is 4.57. The number of nitrogens with zero attached hydrogens (tertiary/aromatic N) is 1. The van der Waals surface area contributed by atoms with Gasteiger partial charge >= 0.3 is 6.03 Å². The van der Waals surface area contributed by atoms with E-state index in [1.807, 2.05) is 11.4 Å². The molecule has 1 atom stereocenters. The van der Waals surface area contributed by atoms with Crippen LogP contribution in [0.25, 0.3) is 0 Å². The molecule has 0 aromatic carbocycles. The number of piperidine rings is 1. The lowest BCUT2D eigenvalue weighted by Gasteiger charge is -2.31. The van der Waals surface area contributed by atoms with Crippen LogP contribution in [-0.4, -0.2) is 42.0 Å². The molecule has 3 heterocycles. The molecule has 2 aliphatic rings. The summed E-state index contributed by atoms with van der Waals surface area (Å²) in [6, 6.07) is 1.78. The summed E-state index contributed by atoms with van der Waals surface area (Å²) in [5.41, 5.74) is 0.484. The molecule has 102 valence electrons. The van der Waals surface area contributed by atoms with Gasteiger partial charge in [0.2, 0.25) is 0 Å². The topological polar surface area (TPSA) is 61.4 Å². The fourth-order valence-corrected chi connectivity index (χ4v) is 3.45. The van der Waals surface area contributed by atoms with E-state index in [1.165, 1.54) is 10.5 Å². The van der Waals surface area contributed by atoms with Gasteiger partial charge in [0.15, 0.2) is 0 Å². The fourth-order valence-electron chi connectivity index (χ4n) is 2.75. The van der Waals surface area contributed by atoms with E-state index >= 15 is 0 Å². The van der Waals surface area contributed by atoms with E-state index in [1.54, 1.807) is 11.3 Å². The van der Waals surface area contributed by atoms with Crippen LogP contribution >= 0.6 is 11.3 Å². The maximum atomic E-state index is 12.5. The molecular weight excluding hydrogens is 262 g/mol. The third kappa shape index (κ3) is 2.26. The number of urea groups is 1. The quantitative estimate of drug-likeness (QED) is 0.810. The summed E-state index contributed by atoms with van der Waals surface area (Å²) >= 11 is 1.63. The summed E-state index contributed by atoms with van der Waals surface area (Å²) in [7, 11) is 0. The molecular formula is C13H17N3O2S. The van der Waals surface area contributed by atoms with Gasteiger partial charge in [0.05, 0.1) is 0 Å². The minimum absolute atomic E-state index is 0.0695. The highest BCUT2D eigenvalue weighted by atomic mass is 32.1. The Labute approximate surface area is 116 Å². The first kappa shape index (κ1) is 12.6. The fraction of sp³-hybridized carbons (Fsp3) is 0.538. The maximum Gasteiger partial charge on any atom is 0.325 e. The van der Waals surface area contributed by atoms with Gasteiger partial charge in [-0.1, -0.05) is 0 Å². The summed E-state index contributed by atoms with van der Waals surface area (Å²) in [6.45, 7) is 1.93. The number of rotatable bonds is 3. The number of amides is 3. The van der Waals surface area contributed by atoms with Crippen LogP contribution in [0.1, 0.15) is 18.4 Å². The van der Waals surface area contributed by atoms with Gasteiger partial charge in [0.25, 0.3) is 5.91 Å². The smallest absolute Gasteiger partial charge is 0.322 e. The Hall–Kier alpha value is -1.40. The molecule has 3 rings (SSSR count). The van der Waals surface area contributed by atoms with Crippen molar-refractivity contribution in [3.63, 3.8) is 0 Å². The predicted octanol–water partition coefficient (Wildman–Crippen LogP) is 0.965. The van der Waals surface area contributed by atoms with Crippen molar-refractivity contribution in [1.82, 2.24) is 15.5 Å². The standard InChI is InChI=1S/C13H17N3O2S/c17-11-13(4-1-5-14-9-13)15-12(18)16(11)6-2-10-3-7-19-8-10/h3,7-8,14H,1-2,4-6,9H2,(H,15,18). The normalized spacial score (nSPS) is 27.1. The lowest BCUT2D eigenvalue weighted by atomic mass is 9.90. The van der Waals surface area contributed by atoms with Crippen LogP contribution in [0, 0.1) is 0 Å². The summed E-state index contributed by atoms with van der Waals surface area (Å²) in [5, 5.41) is 10.1. The number of carbonyl (C=O) groups is 2. The van der Waals surface area contributed by atoms with Gasteiger partial charge < -0.3 is 10.6 Å². The molecule has 6 heteroatoms. The van der Waals surface area contributed by atoms with E-state index < -0.39 is 5.54 Å². The van der Waals surface area contributed by atoms with Gasteiger partial charge in [-0.2, -0.15) is 11.3 Å². The number of hydrogen-bond acceptors (Lipinski definition) is 4. The van der Waals surface area contributed by atoms with E-state index in [-0.39, 0.29) is 11.9 Å². The van der Waals surface area contributed by atoms with Crippen LogP contribution in [0.5, 0.6) is 0 Å². The monoisotopic (exact) mass is 279 g/mol. The minimum Gasteiger partial charge on any atom is -0.322 e. The van der Waals surface area contributed by atoms with E-state index in [9.17, 15) is 9.59 Å². The van der Waals surface area contributed by atoms with E-state index in [0.29, 0.717) is 13.1 Å². The Kier molecular flexibility index (Phi) is 3.28. The molecule has 2 fully saturated rings. The molecule has 2 N–H and O–H groups in total. The molecule has 5 nitrogen and oxygen atoms in total. The van der Waals surface area contributed by atoms with E-state index in [0.717, 1.165) is 25.8 Å². The van der Waals surface area contributed by atoms with Gasteiger partial charge in [0.1, 0.15) is 5.54 Å². The van der Waals surface area contributed by atoms with Crippen molar-refractivity contribution in [2.24, 2.45) is 0 Å². The lowest BCUT2D eigenvalue weighted by Crippen LogP contribution is -2.57. The molecule has 3 amide bonds. The second-order valence-electron chi connectivity index (χ2n) is 5.13. The van der Waals surface area contributed by atoms with Crippen LogP contribution in [-0.2, 0) is 11.2 Å². The number of imide groups is 1. The molecule has 1 aromatic heterocycles. The zero-order chi connectivity index (χ0) is 13.3. The van der Waals surface area contributed by atoms with Crippen LogP contribution in [0.2, 0.25) is 0 Å². The third-order valence-electron chi connectivity index (χ3n) is 3.83. The summed E-state index contributed by atoms with van der Waals surface area (Å²) in [4.78, 5) is 25.8. The lowest BCUT2D eigenvalue weighted by molar-refractivity contribution is -0.131. The van der Waals surface area contributed by atoms with Crippen molar-refractivity contribution in [2.45, 2.75) is 24.8 Å². The number of hydrogen-bond donors (Lipinski definition) is 2. The van der Waals surface area contributed by atoms with Crippen molar-refractivity contribution < 1.29 is 9.59 Å². The average molecular weight is 279 g/mol. The van der Waals surface area contributed by atoms with Gasteiger partial charge in [0, 0.05) is 13.1 Å². The molecule has 1 aromatic rings. The van der Waals surface area contributed by atoms with E-state index in [4.69, 9.17) is 0 Å². The zero-order valence-corrected chi connectivity index (χ0v) is 11.5. The second kappa shape index (κ2) is 4.94. The number of nitrogens with one attached hydrogen (secondary N) is 2. The van der Waals surface area contributed by atoms with Gasteiger partial charge in [-0.3, -0.25) is 9.69 Å². The van der Waals surface area contributed by atoms with Crippen molar-refractivity contribution in [3.05, 3.63) is 22.4 Å². The van der Waals surface area contributed by atoms with Crippen LogP contribution in [0.4, 0.5) is 4.79 Å². The Balaban J connectivity index is 1.68. The minimum atomic E-state index is -0.690. The van der Waals surface area contributed by atoms with Crippen molar-refractivity contribution in [3.8, 4) is 0 Å². The molecule has 19 heavy (non-hydrogen) atoms. The highest BCUT2D eigenvalue weighted by molar-refractivity contribution is 7.07. The maximum absolute atomic E-state index is 12.5. The van der Waals surface area contributed by atoms with Crippen molar-refractivity contribution in [1.29, 1.82) is 0 Å². The molecule has 0 saturated carbocycles. The summed E-state index contributed by atoms with van der Waals surface area (Å²) in [6.07, 6.45) is 2.39. The molecule has 0 radical (unpaired) electrons. The molecule has 2 saturated heterocycles. The zero-order valence-electron chi connectivity index (χ0n) is 10.6. The van der Waals surface area contributed by atoms with Crippen molar-refractivity contribution >= 4 is 23.3 Å². The van der Waals surface area contributed by atoms with Gasteiger partial charge in [-0.15, -0.1) is 0 Å². The highest BCUT2D eigenvalue weighted by Crippen LogP contribution is 2.25. The number of thiophene rings is 1. The Morgan fingerprint density at radius 1 is 1.42 bits per heavy atom. The SMILES string of the molecule is O=C1NC2(CCCNC2)C(=O)N1CCc1ccsc1. The first-order valence-corrected chi connectivity index (χ1v) is 7.51. The first-order valence-electron chi connectivity index (χ1n) is 6.57. The second-order valence-corrected chi connectivity index (χ2v) is 5.91. The van der Waals surface area contributed by atoms with Crippen LogP contribution in [0.3, 0.4) is 0 Å². The van der Waals surface area contributed by atoms with Gasteiger partial charge in [-0.25, -0.2) is 4.79 Å². The van der Waals surface area contributed by atoms with E-state index in [2.05, 4.69) is 16.0 Å². The molecule has 2 aliphatic heterocycles. The molecule has 0 bridgehead atoms. The Morgan fingerprint density at radius 3 is 3.00 bits per heavy atom. The van der Waals surface area contributed by atoms with Gasteiger partial charge in [-0.05, 0) is 48.2 Å². The van der Waals surface area contributed by atoms with Crippen LogP contribution < -0.4 is 10.6 Å².